The molecule has 0 spiro atoms. The zero-order valence-corrected chi connectivity index (χ0v) is 12.7. The lowest BCUT2D eigenvalue weighted by Crippen LogP contribution is -2.25. The molecule has 2 rings (SSSR count). The molecule has 0 aromatic carbocycles. The molecule has 1 aliphatic heterocycles. The molecule has 1 aromatic rings. The van der Waals surface area contributed by atoms with Gasteiger partial charge in [-0.05, 0) is 25.5 Å². The number of rotatable bonds is 4. The molecule has 0 bridgehead atoms. The molecule has 0 saturated carbocycles. The highest BCUT2D eigenvalue weighted by Gasteiger charge is 2.16. The Morgan fingerprint density at radius 1 is 1.41 bits per heavy atom. The SMILES string of the molecule is CCCNc1oncc1C1=CCCN(C)C1.O=C(O)C(=O)O. The van der Waals surface area contributed by atoms with Gasteiger partial charge >= 0.3 is 11.9 Å². The Balaban J connectivity index is 0.000000346. The van der Waals surface area contributed by atoms with Gasteiger partial charge in [-0.25, -0.2) is 9.59 Å². The molecule has 8 nitrogen and oxygen atoms in total. The number of carbonyl (C=O) groups is 2. The highest BCUT2D eigenvalue weighted by molar-refractivity contribution is 6.27. The molecule has 22 heavy (non-hydrogen) atoms. The first-order valence-electron chi connectivity index (χ1n) is 6.98. The van der Waals surface area contributed by atoms with Crippen LogP contribution in [0.3, 0.4) is 0 Å². The summed E-state index contributed by atoms with van der Waals surface area (Å²) in [5, 5.41) is 21.9. The van der Waals surface area contributed by atoms with Gasteiger partial charge in [0.2, 0.25) is 5.88 Å². The topological polar surface area (TPSA) is 116 Å². The van der Waals surface area contributed by atoms with Crippen molar-refractivity contribution in [2.24, 2.45) is 0 Å². The third-order valence-corrected chi connectivity index (χ3v) is 2.98. The van der Waals surface area contributed by atoms with Gasteiger partial charge in [-0.3, -0.25) is 0 Å². The first kappa shape index (κ1) is 17.7. The fraction of sp³-hybridized carbons (Fsp3) is 0.500. The summed E-state index contributed by atoms with van der Waals surface area (Å²) in [7, 11) is 2.14. The Kier molecular flexibility index (Phi) is 7.11. The standard InChI is InChI=1S/C12H19N3O.C2H2O4/c1-3-6-13-12-11(8-14-16-12)10-5-4-7-15(2)9-10;3-1(4)2(5)6/h5,8,13H,3-4,6-7,9H2,1-2H3;(H,3,4)(H,5,6). The van der Waals surface area contributed by atoms with Crippen LogP contribution in [0.4, 0.5) is 5.88 Å². The van der Waals surface area contributed by atoms with Gasteiger partial charge in [-0.15, -0.1) is 0 Å². The van der Waals surface area contributed by atoms with Gasteiger partial charge in [0.25, 0.3) is 0 Å². The van der Waals surface area contributed by atoms with Crippen LogP contribution in [-0.2, 0) is 9.59 Å². The quantitative estimate of drug-likeness (QED) is 0.714. The summed E-state index contributed by atoms with van der Waals surface area (Å²) >= 11 is 0. The molecule has 2 heterocycles. The summed E-state index contributed by atoms with van der Waals surface area (Å²) in [5.41, 5.74) is 2.42. The number of hydrogen-bond donors (Lipinski definition) is 3. The van der Waals surface area contributed by atoms with Gasteiger partial charge in [-0.2, -0.15) is 0 Å². The maximum absolute atomic E-state index is 9.10. The van der Waals surface area contributed by atoms with Gasteiger partial charge in [-0.1, -0.05) is 18.2 Å². The second-order valence-electron chi connectivity index (χ2n) is 4.86. The van der Waals surface area contributed by atoms with Crippen molar-refractivity contribution < 1.29 is 24.3 Å². The monoisotopic (exact) mass is 311 g/mol. The molecule has 0 saturated heterocycles. The summed E-state index contributed by atoms with van der Waals surface area (Å²) in [5.74, 6) is -2.84. The average Bonchev–Trinajstić information content (AvgIpc) is 2.94. The summed E-state index contributed by atoms with van der Waals surface area (Å²) in [6, 6.07) is 0. The largest absolute Gasteiger partial charge is 0.473 e. The van der Waals surface area contributed by atoms with E-state index in [2.05, 4.69) is 35.4 Å². The van der Waals surface area contributed by atoms with Crippen LogP contribution in [0.2, 0.25) is 0 Å². The van der Waals surface area contributed by atoms with Crippen LogP contribution in [-0.4, -0.2) is 58.9 Å². The maximum atomic E-state index is 9.10. The molecular weight excluding hydrogens is 290 g/mol. The number of carboxylic acid groups (broad SMARTS) is 2. The number of aliphatic carboxylic acids is 2. The maximum Gasteiger partial charge on any atom is 0.414 e. The second kappa shape index (κ2) is 8.83. The molecule has 1 aromatic heterocycles. The normalized spacial score (nSPS) is 14.5. The molecule has 122 valence electrons. The van der Waals surface area contributed by atoms with Crippen molar-refractivity contribution in [3.8, 4) is 0 Å². The minimum absolute atomic E-state index is 0.809. The first-order valence-corrected chi connectivity index (χ1v) is 6.98. The van der Waals surface area contributed by atoms with Crippen LogP contribution < -0.4 is 5.32 Å². The van der Waals surface area contributed by atoms with Crippen molar-refractivity contribution in [3.05, 3.63) is 17.8 Å². The van der Waals surface area contributed by atoms with Gasteiger partial charge in [0.1, 0.15) is 0 Å². The highest BCUT2D eigenvalue weighted by Crippen LogP contribution is 2.26. The van der Waals surface area contributed by atoms with E-state index in [4.69, 9.17) is 24.3 Å². The average molecular weight is 311 g/mol. The van der Waals surface area contributed by atoms with Crippen molar-refractivity contribution in [3.63, 3.8) is 0 Å². The fourth-order valence-electron chi connectivity index (χ4n) is 1.92. The van der Waals surface area contributed by atoms with E-state index in [1.165, 1.54) is 5.57 Å². The van der Waals surface area contributed by atoms with Gasteiger partial charge in [0, 0.05) is 19.6 Å². The smallest absolute Gasteiger partial charge is 0.414 e. The van der Waals surface area contributed by atoms with Crippen molar-refractivity contribution in [1.29, 1.82) is 0 Å². The van der Waals surface area contributed by atoms with Crippen LogP contribution in [0, 0.1) is 0 Å². The Hall–Kier alpha value is -2.35. The van der Waals surface area contributed by atoms with Crippen molar-refractivity contribution in [1.82, 2.24) is 10.1 Å². The van der Waals surface area contributed by atoms with E-state index in [-0.39, 0.29) is 0 Å². The molecule has 1 aliphatic rings. The zero-order chi connectivity index (χ0) is 16.5. The fourth-order valence-corrected chi connectivity index (χ4v) is 1.92. The van der Waals surface area contributed by atoms with Crippen LogP contribution in [0.5, 0.6) is 0 Å². The van der Waals surface area contributed by atoms with E-state index < -0.39 is 11.9 Å². The van der Waals surface area contributed by atoms with E-state index in [0.29, 0.717) is 0 Å². The lowest BCUT2D eigenvalue weighted by atomic mass is 10.0. The van der Waals surface area contributed by atoms with E-state index in [0.717, 1.165) is 43.9 Å². The molecule has 0 amide bonds. The molecule has 0 radical (unpaired) electrons. The van der Waals surface area contributed by atoms with E-state index in [1.807, 2.05) is 6.20 Å². The van der Waals surface area contributed by atoms with Crippen LogP contribution in [0.1, 0.15) is 25.3 Å². The number of aromatic nitrogens is 1. The van der Waals surface area contributed by atoms with Crippen molar-refractivity contribution in [2.75, 3.05) is 32.0 Å². The number of likely N-dealkylation sites (N-methyl/N-ethyl adjacent to an activating group) is 1. The minimum atomic E-state index is -1.82. The summed E-state index contributed by atoms with van der Waals surface area (Å²) in [6.45, 7) is 5.16. The predicted molar refractivity (Wildman–Crippen MR) is 80.6 cm³/mol. The Labute approximate surface area is 128 Å². The Morgan fingerprint density at radius 3 is 2.64 bits per heavy atom. The van der Waals surface area contributed by atoms with Crippen LogP contribution >= 0.6 is 0 Å². The van der Waals surface area contributed by atoms with E-state index in [9.17, 15) is 0 Å². The number of hydrogen-bond acceptors (Lipinski definition) is 6. The molecule has 0 aliphatic carbocycles. The molecular formula is C14H21N3O5. The lowest BCUT2D eigenvalue weighted by Gasteiger charge is -2.22. The molecule has 0 unspecified atom stereocenters. The number of nitrogens with zero attached hydrogens (tertiary/aromatic N) is 2. The van der Waals surface area contributed by atoms with Gasteiger partial charge < -0.3 is 25.0 Å². The minimum Gasteiger partial charge on any atom is -0.473 e. The molecule has 8 heteroatoms. The molecule has 0 fully saturated rings. The molecule has 3 N–H and O–H groups in total. The predicted octanol–water partition coefficient (Wildman–Crippen LogP) is 1.37. The van der Waals surface area contributed by atoms with Crippen molar-refractivity contribution >= 4 is 23.4 Å². The number of anilines is 1. The Bertz CT molecular complexity index is 526. The van der Waals surface area contributed by atoms with Gasteiger partial charge in [0.05, 0.1) is 11.8 Å². The lowest BCUT2D eigenvalue weighted by molar-refractivity contribution is -0.159. The summed E-state index contributed by atoms with van der Waals surface area (Å²) in [4.78, 5) is 20.5. The van der Waals surface area contributed by atoms with Crippen LogP contribution in [0.15, 0.2) is 16.8 Å². The van der Waals surface area contributed by atoms with Gasteiger partial charge in [0.15, 0.2) is 0 Å². The third-order valence-electron chi connectivity index (χ3n) is 2.98. The number of nitrogens with one attached hydrogen (secondary N) is 1. The molecule has 0 atom stereocenters. The highest BCUT2D eigenvalue weighted by atomic mass is 16.5. The summed E-state index contributed by atoms with van der Waals surface area (Å²) in [6.07, 6.45) is 6.27. The third kappa shape index (κ3) is 5.57. The van der Waals surface area contributed by atoms with Crippen molar-refractivity contribution in [2.45, 2.75) is 19.8 Å². The zero-order valence-electron chi connectivity index (χ0n) is 12.7. The van der Waals surface area contributed by atoms with Crippen LogP contribution in [0.25, 0.3) is 5.57 Å². The van der Waals surface area contributed by atoms with E-state index in [1.54, 1.807) is 0 Å². The van der Waals surface area contributed by atoms with E-state index >= 15 is 0 Å². The second-order valence-corrected chi connectivity index (χ2v) is 4.86. The number of carboxylic acids is 2. The first-order chi connectivity index (χ1) is 10.5. The summed E-state index contributed by atoms with van der Waals surface area (Å²) < 4.78 is 5.23. The Morgan fingerprint density at radius 2 is 2.09 bits per heavy atom.